The Hall–Kier alpha value is -7.58. The van der Waals surface area contributed by atoms with E-state index in [-0.39, 0.29) is 45.6 Å². The number of piperidine rings is 2. The zero-order valence-electron chi connectivity index (χ0n) is 48.0. The summed E-state index contributed by atoms with van der Waals surface area (Å²) in [6.07, 6.45) is 0.790. The number of carboxylic acid groups (broad SMARTS) is 1. The molecule has 2 aliphatic heterocycles. The van der Waals surface area contributed by atoms with Gasteiger partial charge in [0.25, 0.3) is 0 Å². The van der Waals surface area contributed by atoms with Gasteiger partial charge in [0.1, 0.15) is 48.5 Å². The average Bonchev–Trinajstić information content (AvgIpc) is 3.40. The van der Waals surface area contributed by atoms with Crippen molar-refractivity contribution >= 4 is 71.3 Å². The van der Waals surface area contributed by atoms with Crippen molar-refractivity contribution < 1.29 is 72.1 Å². The minimum absolute atomic E-state index is 0.138. The molecule has 0 unspecified atom stereocenters. The van der Waals surface area contributed by atoms with Gasteiger partial charge in [-0.25, -0.2) is 14.4 Å². The lowest BCUT2D eigenvalue weighted by Gasteiger charge is -2.36. The molecule has 0 aliphatic carbocycles. The number of hydrogen-bond donors (Lipinski definition) is 7. The van der Waals surface area contributed by atoms with E-state index in [4.69, 9.17) is 15.2 Å². The highest BCUT2D eigenvalue weighted by atomic mass is 16.6. The summed E-state index contributed by atoms with van der Waals surface area (Å²) in [4.78, 5) is 167. The monoisotopic (exact) mass is 1130 g/mol. The second-order valence-corrected chi connectivity index (χ2v) is 21.7. The maximum Gasteiger partial charge on any atom is 0.408 e. The third-order valence-corrected chi connectivity index (χ3v) is 13.5. The van der Waals surface area contributed by atoms with Crippen LogP contribution in [0.25, 0.3) is 0 Å². The van der Waals surface area contributed by atoms with E-state index in [1.807, 2.05) is 0 Å². The quantitative estimate of drug-likeness (QED) is 0.0631. The number of ether oxygens (including phenoxy) is 2. The summed E-state index contributed by atoms with van der Waals surface area (Å²) in [5.41, 5.74) is 5.12. The fourth-order valence-electron chi connectivity index (χ4n) is 9.31. The normalized spacial score (nSPS) is 16.8. The molecule has 0 bridgehead atoms. The second-order valence-electron chi connectivity index (χ2n) is 21.7. The number of likely N-dealkylation sites (tertiary alicyclic amines) is 2. The van der Waals surface area contributed by atoms with Gasteiger partial charge in [-0.2, -0.15) is 0 Å². The van der Waals surface area contributed by atoms with Gasteiger partial charge in [0.15, 0.2) is 0 Å². The molecule has 11 amide bonds. The molecule has 2 fully saturated rings. The van der Waals surface area contributed by atoms with E-state index in [0.717, 1.165) is 19.6 Å². The smallest absolute Gasteiger partial charge is 0.408 e. The van der Waals surface area contributed by atoms with Crippen molar-refractivity contribution in [2.24, 2.45) is 17.6 Å². The van der Waals surface area contributed by atoms with Crippen molar-refractivity contribution in [2.75, 3.05) is 80.5 Å². The molecule has 2 saturated heterocycles. The largest absolute Gasteiger partial charge is 0.480 e. The first-order valence-corrected chi connectivity index (χ1v) is 26.8. The molecule has 8 N–H and O–H groups in total. The highest BCUT2D eigenvalue weighted by molar-refractivity contribution is 5.96. The minimum Gasteiger partial charge on any atom is -0.480 e. The highest BCUT2D eigenvalue weighted by Crippen LogP contribution is 2.21. The number of nitrogens with two attached hydrogens (primary N) is 1. The molecule has 446 valence electrons. The molecule has 0 radical (unpaired) electrons. The van der Waals surface area contributed by atoms with E-state index in [0.29, 0.717) is 31.2 Å². The molecule has 0 aromatic heterocycles. The van der Waals surface area contributed by atoms with Crippen LogP contribution in [0, 0.1) is 11.8 Å². The molecule has 1 aromatic rings. The predicted octanol–water partition coefficient (Wildman–Crippen LogP) is -0.788. The van der Waals surface area contributed by atoms with E-state index in [2.05, 4.69) is 26.6 Å². The number of carboxylic acids is 1. The van der Waals surface area contributed by atoms with Gasteiger partial charge in [-0.05, 0) is 76.7 Å². The lowest BCUT2D eigenvalue weighted by Crippen LogP contribution is -2.60. The Morgan fingerprint density at radius 3 is 1.54 bits per heavy atom. The SMILES string of the molecule is CC(C)[C@@H](C(=O)O)N(C)C(=O)[C@@H](CNC(=O)[C@@H]1CCCCN1C(=O)CN(C)C(=O)CNC(=O)[C@H](C(C)C)N(C)C(=O)[C@@H](CNC(=O)[C@@H]1CCCCN1C(=O)CN(C)C(=O)CN)NC(=O)OC(C)(C)C)NC(=O)OCc1ccccc1. The van der Waals surface area contributed by atoms with Gasteiger partial charge in [0.05, 0.1) is 26.2 Å². The van der Waals surface area contributed by atoms with Crippen LogP contribution in [-0.4, -0.2) is 228 Å². The number of benzene rings is 1. The van der Waals surface area contributed by atoms with Gasteiger partial charge in [-0.3, -0.25) is 43.2 Å². The Morgan fingerprint density at radius 2 is 1.10 bits per heavy atom. The summed E-state index contributed by atoms with van der Waals surface area (Å²) in [6.45, 7) is 8.83. The van der Waals surface area contributed by atoms with Crippen LogP contribution < -0.4 is 32.3 Å². The first-order chi connectivity index (χ1) is 37.5. The Balaban J connectivity index is 1.70. The van der Waals surface area contributed by atoms with Gasteiger partial charge >= 0.3 is 18.2 Å². The van der Waals surface area contributed by atoms with Gasteiger partial charge < -0.3 is 76.3 Å². The number of carbonyl (C=O) groups is 12. The standard InChI is InChI=1S/C53H84N12O15/c1-32(2)43(62(10)48(73)36(59-52(78)80-53(5,6)7)27-56-46(71)37-21-15-17-23-64(37)41(68)29-60(8)39(66)25-54)47(72)57-28-40(67)61(9)30-42(69)65-24-18-16-22-38(65)45(70)55-26-35(49(74)63(11)44(33(3)4)50(75)76)58-51(77)79-31-34-19-13-12-14-20-34/h12-14,19-20,32-33,35-38,43-44H,15-18,21-31,54H2,1-11H3,(H,55,70)(H,56,71)(H,57,72)(H,58,77)(H,59,78)(H,75,76)/t35-,36-,37+,38+,43+,44+/m1/s1. The zero-order chi connectivity index (χ0) is 60.2. The predicted molar refractivity (Wildman–Crippen MR) is 289 cm³/mol. The molecule has 2 aliphatic rings. The second kappa shape index (κ2) is 31.3. The third kappa shape index (κ3) is 20.3. The van der Waals surface area contributed by atoms with Crippen LogP contribution in [0.5, 0.6) is 0 Å². The fraction of sp³-hybridized carbons (Fsp3) is 0.660. The third-order valence-electron chi connectivity index (χ3n) is 13.5. The number of nitrogens with zero attached hydrogens (tertiary/aromatic N) is 6. The summed E-state index contributed by atoms with van der Waals surface area (Å²) in [5.74, 6) is -8.36. The highest BCUT2D eigenvalue weighted by Gasteiger charge is 2.40. The number of hydrogen-bond acceptors (Lipinski definition) is 15. The Bertz CT molecular complexity index is 2370. The molecule has 27 heteroatoms. The van der Waals surface area contributed by atoms with E-state index in [9.17, 15) is 62.6 Å². The van der Waals surface area contributed by atoms with Crippen molar-refractivity contribution in [3.05, 3.63) is 35.9 Å². The maximum absolute atomic E-state index is 14.3. The number of likely N-dealkylation sites (N-methyl/N-ethyl adjacent to an activating group) is 4. The zero-order valence-corrected chi connectivity index (χ0v) is 48.0. The van der Waals surface area contributed by atoms with Crippen LogP contribution in [0.15, 0.2) is 30.3 Å². The van der Waals surface area contributed by atoms with E-state index < -0.39 is 151 Å². The van der Waals surface area contributed by atoms with Gasteiger partial charge in [0, 0.05) is 54.4 Å². The Labute approximate surface area is 467 Å². The van der Waals surface area contributed by atoms with Gasteiger partial charge in [-0.15, -0.1) is 0 Å². The van der Waals surface area contributed by atoms with Crippen LogP contribution in [0.2, 0.25) is 0 Å². The number of amides is 11. The minimum atomic E-state index is -1.49. The van der Waals surface area contributed by atoms with Crippen LogP contribution in [0.3, 0.4) is 0 Å². The van der Waals surface area contributed by atoms with E-state index in [1.165, 1.54) is 38.0 Å². The van der Waals surface area contributed by atoms with E-state index >= 15 is 0 Å². The molecule has 0 saturated carbocycles. The Kier molecular flexibility index (Phi) is 26.1. The summed E-state index contributed by atoms with van der Waals surface area (Å²) >= 11 is 0. The lowest BCUT2D eigenvalue weighted by atomic mass is 10.00. The molecule has 80 heavy (non-hydrogen) atoms. The summed E-state index contributed by atoms with van der Waals surface area (Å²) in [6, 6.07) is 1.21. The first kappa shape index (κ1) is 66.7. The average molecular weight is 1130 g/mol. The van der Waals surface area contributed by atoms with Crippen molar-refractivity contribution in [3.8, 4) is 0 Å². The fourth-order valence-corrected chi connectivity index (χ4v) is 9.31. The van der Waals surface area contributed by atoms with Crippen LogP contribution in [0.1, 0.15) is 92.6 Å². The summed E-state index contributed by atoms with van der Waals surface area (Å²) in [7, 11) is 5.32. The van der Waals surface area contributed by atoms with Crippen molar-refractivity contribution in [1.82, 2.24) is 56.0 Å². The van der Waals surface area contributed by atoms with Crippen molar-refractivity contribution in [1.29, 1.82) is 0 Å². The van der Waals surface area contributed by atoms with Crippen LogP contribution in [-0.2, 0) is 64.0 Å². The van der Waals surface area contributed by atoms with Gasteiger partial charge in [0.2, 0.25) is 53.2 Å². The van der Waals surface area contributed by atoms with E-state index in [1.54, 1.807) is 78.8 Å². The van der Waals surface area contributed by atoms with Gasteiger partial charge in [-0.1, -0.05) is 58.0 Å². The molecule has 3 rings (SSSR count). The molecule has 1 aromatic carbocycles. The molecule has 0 spiro atoms. The molecular formula is C53H84N12O15. The summed E-state index contributed by atoms with van der Waals surface area (Å²) < 4.78 is 10.7. The van der Waals surface area contributed by atoms with Crippen molar-refractivity contribution in [2.45, 2.75) is 135 Å². The van der Waals surface area contributed by atoms with Crippen LogP contribution in [0.4, 0.5) is 9.59 Å². The number of alkyl carbamates (subject to hydrolysis) is 2. The topological polar surface area (TPSA) is 349 Å². The van der Waals surface area contributed by atoms with Crippen molar-refractivity contribution in [3.63, 3.8) is 0 Å². The molecule has 2 heterocycles. The Morgan fingerprint density at radius 1 is 0.650 bits per heavy atom. The first-order valence-electron chi connectivity index (χ1n) is 26.8. The number of aliphatic carboxylic acids is 1. The number of carbonyl (C=O) groups excluding carboxylic acids is 11. The molecule has 27 nitrogen and oxygen atoms in total. The number of nitrogens with one attached hydrogen (secondary N) is 5. The van der Waals surface area contributed by atoms with Crippen LogP contribution >= 0.6 is 0 Å². The molecule has 6 atom stereocenters. The summed E-state index contributed by atoms with van der Waals surface area (Å²) in [5, 5.41) is 22.6. The molecular weight excluding hydrogens is 1040 g/mol. The number of rotatable bonds is 25. The lowest BCUT2D eigenvalue weighted by molar-refractivity contribution is -0.151. The maximum atomic E-state index is 14.3.